The van der Waals surface area contributed by atoms with Gasteiger partial charge in [0, 0.05) is 24.8 Å². The van der Waals surface area contributed by atoms with E-state index in [4.69, 9.17) is 10.7 Å². The first-order valence-electron chi connectivity index (χ1n) is 8.14. The number of imidazole rings is 1. The fourth-order valence-corrected chi connectivity index (χ4v) is 3.05. The normalized spacial score (nSPS) is 11.4. The highest BCUT2D eigenvalue weighted by Crippen LogP contribution is 2.29. The summed E-state index contributed by atoms with van der Waals surface area (Å²) in [6.45, 7) is 4.55. The molecule has 5 heteroatoms. The number of ketones is 1. The zero-order valence-electron chi connectivity index (χ0n) is 13.7. The molecule has 0 bridgehead atoms. The third-order valence-corrected chi connectivity index (χ3v) is 4.07. The van der Waals surface area contributed by atoms with Crippen molar-refractivity contribution in [3.8, 4) is 0 Å². The molecule has 2 heterocycles. The minimum atomic E-state index is 0.220. The average molecular weight is 310 g/mol. The molecule has 120 valence electrons. The maximum Gasteiger partial charge on any atom is 0.152 e. The molecule has 3 rings (SSSR count). The van der Waals surface area contributed by atoms with E-state index in [9.17, 15) is 4.79 Å². The highest BCUT2D eigenvalue weighted by atomic mass is 16.1. The molecule has 0 radical (unpaired) electrons. The molecule has 0 unspecified atom stereocenters. The van der Waals surface area contributed by atoms with Crippen molar-refractivity contribution in [3.63, 3.8) is 0 Å². The van der Waals surface area contributed by atoms with E-state index in [1.54, 1.807) is 6.92 Å². The number of nitrogens with zero attached hydrogens (tertiary/aromatic N) is 3. The average Bonchev–Trinajstić information content (AvgIpc) is 2.87. The Labute approximate surface area is 135 Å². The number of hydrogen-bond donors (Lipinski definition) is 1. The largest absolute Gasteiger partial charge is 0.382 e. The lowest BCUT2D eigenvalue weighted by Crippen LogP contribution is -2.06. The number of nitrogens with two attached hydrogens (primary N) is 1. The number of hydrogen-bond acceptors (Lipinski definition) is 4. The lowest BCUT2D eigenvalue weighted by Gasteiger charge is -2.10. The Hall–Kier alpha value is -2.43. The fourth-order valence-electron chi connectivity index (χ4n) is 3.05. The van der Waals surface area contributed by atoms with Crippen molar-refractivity contribution >= 4 is 33.5 Å². The highest BCUT2D eigenvalue weighted by molar-refractivity contribution is 6.06. The van der Waals surface area contributed by atoms with Gasteiger partial charge in [0.25, 0.3) is 0 Å². The molecule has 0 aliphatic rings. The topological polar surface area (TPSA) is 73.8 Å². The van der Waals surface area contributed by atoms with Crippen molar-refractivity contribution in [3.05, 3.63) is 30.1 Å². The number of anilines is 1. The first-order chi connectivity index (χ1) is 11.1. The Balaban J connectivity index is 2.20. The van der Waals surface area contributed by atoms with Gasteiger partial charge in [-0.1, -0.05) is 25.1 Å². The van der Waals surface area contributed by atoms with Gasteiger partial charge in [-0.05, 0) is 25.8 Å². The van der Waals surface area contributed by atoms with Crippen LogP contribution in [0.4, 0.5) is 5.82 Å². The lowest BCUT2D eigenvalue weighted by atomic mass is 10.1. The van der Waals surface area contributed by atoms with Crippen LogP contribution < -0.4 is 5.73 Å². The van der Waals surface area contributed by atoms with Gasteiger partial charge in [0.15, 0.2) is 5.82 Å². The number of benzene rings is 1. The highest BCUT2D eigenvalue weighted by Gasteiger charge is 2.16. The van der Waals surface area contributed by atoms with Crippen molar-refractivity contribution in [1.82, 2.24) is 14.5 Å². The summed E-state index contributed by atoms with van der Waals surface area (Å²) in [5.74, 6) is 1.72. The van der Waals surface area contributed by atoms with Crippen LogP contribution in [0.2, 0.25) is 0 Å². The quantitative estimate of drug-likeness (QED) is 0.756. The molecule has 2 aromatic heterocycles. The molecule has 0 amide bonds. The second-order valence-corrected chi connectivity index (χ2v) is 5.95. The minimum Gasteiger partial charge on any atom is -0.382 e. The predicted molar refractivity (Wildman–Crippen MR) is 93.4 cm³/mol. The van der Waals surface area contributed by atoms with Crippen LogP contribution in [0.5, 0.6) is 0 Å². The van der Waals surface area contributed by atoms with Crippen molar-refractivity contribution in [2.75, 3.05) is 5.73 Å². The van der Waals surface area contributed by atoms with Gasteiger partial charge in [0.05, 0.1) is 11.0 Å². The molecule has 0 saturated heterocycles. The summed E-state index contributed by atoms with van der Waals surface area (Å²) in [6, 6.07) is 8.00. The maximum absolute atomic E-state index is 11.3. The van der Waals surface area contributed by atoms with Crippen molar-refractivity contribution in [2.45, 2.75) is 46.1 Å². The van der Waals surface area contributed by atoms with Crippen molar-refractivity contribution < 1.29 is 4.79 Å². The molecule has 0 aliphatic carbocycles. The van der Waals surface area contributed by atoms with Crippen LogP contribution in [-0.2, 0) is 17.8 Å². The first-order valence-corrected chi connectivity index (χ1v) is 8.14. The van der Waals surface area contributed by atoms with Gasteiger partial charge in [-0.2, -0.15) is 0 Å². The van der Waals surface area contributed by atoms with E-state index in [0.717, 1.165) is 53.6 Å². The number of carbonyl (C=O) groups is 1. The standard InChI is InChI=1S/C18H22N4O/c1-3-7-15-21-16-17(22(15)11-6-8-12(2)23)13-9-4-5-10-14(13)20-18(16)19/h4-5,9-10H,3,6-8,11H2,1-2H3,(H2,19,20). The Bertz CT molecular complexity index is 866. The molecular weight excluding hydrogens is 288 g/mol. The van der Waals surface area contributed by atoms with E-state index in [-0.39, 0.29) is 5.78 Å². The summed E-state index contributed by atoms with van der Waals surface area (Å²) in [6.07, 6.45) is 3.31. The summed E-state index contributed by atoms with van der Waals surface area (Å²) in [5.41, 5.74) is 8.83. The van der Waals surface area contributed by atoms with Gasteiger partial charge in [-0.25, -0.2) is 9.97 Å². The monoisotopic (exact) mass is 310 g/mol. The summed E-state index contributed by atoms with van der Waals surface area (Å²) < 4.78 is 2.22. The zero-order chi connectivity index (χ0) is 16.4. The van der Waals surface area contributed by atoms with E-state index in [2.05, 4.69) is 22.5 Å². The SMILES string of the molecule is CCCc1nc2c(N)nc3ccccc3c2n1CCCC(C)=O. The zero-order valence-corrected chi connectivity index (χ0v) is 13.7. The predicted octanol–water partition coefficient (Wildman–Crippen LogP) is 3.49. The number of aryl methyl sites for hydroxylation is 2. The number of fused-ring (bicyclic) bond motifs is 3. The maximum atomic E-state index is 11.3. The molecule has 23 heavy (non-hydrogen) atoms. The van der Waals surface area contributed by atoms with Crippen molar-refractivity contribution in [2.24, 2.45) is 0 Å². The number of nitrogen functional groups attached to an aromatic ring is 1. The third kappa shape index (κ3) is 2.91. The fraction of sp³-hybridized carbons (Fsp3) is 0.389. The van der Waals surface area contributed by atoms with Crippen LogP contribution in [0.25, 0.3) is 21.9 Å². The summed E-state index contributed by atoms with van der Waals surface area (Å²) >= 11 is 0. The van der Waals surface area contributed by atoms with E-state index in [1.807, 2.05) is 18.2 Å². The Kier molecular flexibility index (Phi) is 4.28. The van der Waals surface area contributed by atoms with E-state index >= 15 is 0 Å². The van der Waals surface area contributed by atoms with E-state index in [1.165, 1.54) is 0 Å². The molecule has 0 spiro atoms. The van der Waals surface area contributed by atoms with Crippen LogP contribution in [0.15, 0.2) is 24.3 Å². The molecule has 1 aromatic carbocycles. The van der Waals surface area contributed by atoms with Gasteiger partial charge in [-0.15, -0.1) is 0 Å². The molecule has 0 atom stereocenters. The van der Waals surface area contributed by atoms with E-state index < -0.39 is 0 Å². The smallest absolute Gasteiger partial charge is 0.152 e. The van der Waals surface area contributed by atoms with Crippen LogP contribution in [0.3, 0.4) is 0 Å². The molecule has 3 aromatic rings. The summed E-state index contributed by atoms with van der Waals surface area (Å²) in [7, 11) is 0. The van der Waals surface area contributed by atoms with Gasteiger partial charge in [0.1, 0.15) is 17.1 Å². The Morgan fingerprint density at radius 3 is 2.78 bits per heavy atom. The van der Waals surface area contributed by atoms with E-state index in [0.29, 0.717) is 12.2 Å². The summed E-state index contributed by atoms with van der Waals surface area (Å²) in [5, 5.41) is 1.06. The van der Waals surface area contributed by atoms with Gasteiger partial charge in [-0.3, -0.25) is 0 Å². The minimum absolute atomic E-state index is 0.220. The number of rotatable bonds is 6. The van der Waals surface area contributed by atoms with Gasteiger partial charge >= 0.3 is 0 Å². The second kappa shape index (κ2) is 6.36. The molecule has 0 aliphatic heterocycles. The number of aromatic nitrogens is 3. The van der Waals surface area contributed by atoms with Crippen molar-refractivity contribution in [1.29, 1.82) is 0 Å². The van der Waals surface area contributed by atoms with Gasteiger partial charge < -0.3 is 15.1 Å². The van der Waals surface area contributed by atoms with Crippen LogP contribution in [-0.4, -0.2) is 20.3 Å². The first kappa shape index (κ1) is 15.5. The Morgan fingerprint density at radius 1 is 1.26 bits per heavy atom. The van der Waals surface area contributed by atoms with Crippen LogP contribution in [0.1, 0.15) is 38.9 Å². The number of Topliss-reactive ketones (excluding diaryl/α,β-unsaturated/α-hetero) is 1. The lowest BCUT2D eigenvalue weighted by molar-refractivity contribution is -0.117. The van der Waals surface area contributed by atoms with Crippen LogP contribution in [0, 0.1) is 0 Å². The molecular formula is C18H22N4O. The molecule has 5 nitrogen and oxygen atoms in total. The molecule has 0 saturated carbocycles. The molecule has 0 fully saturated rings. The van der Waals surface area contributed by atoms with Crippen LogP contribution >= 0.6 is 0 Å². The Morgan fingerprint density at radius 2 is 2.04 bits per heavy atom. The third-order valence-electron chi connectivity index (χ3n) is 4.07. The number of carbonyl (C=O) groups excluding carboxylic acids is 1. The van der Waals surface area contributed by atoms with Gasteiger partial charge in [0.2, 0.25) is 0 Å². The number of para-hydroxylation sites is 1. The second-order valence-electron chi connectivity index (χ2n) is 5.95. The number of pyridine rings is 1. The summed E-state index contributed by atoms with van der Waals surface area (Å²) in [4.78, 5) is 20.5. The molecule has 2 N–H and O–H groups in total.